The summed E-state index contributed by atoms with van der Waals surface area (Å²) in [6.07, 6.45) is 1.98. The predicted molar refractivity (Wildman–Crippen MR) is 159 cm³/mol. The van der Waals surface area contributed by atoms with Gasteiger partial charge in [0.05, 0.1) is 25.0 Å². The van der Waals surface area contributed by atoms with Gasteiger partial charge in [-0.15, -0.1) is 11.8 Å². The molecule has 4 aromatic rings. The van der Waals surface area contributed by atoms with E-state index < -0.39 is 40.2 Å². The molecular formula is C30H27F5N4O4S2. The first-order valence-corrected chi connectivity index (χ1v) is 15.3. The second-order valence-electron chi connectivity index (χ2n) is 10.2. The number of hydrogen-bond donors (Lipinski definition) is 2. The van der Waals surface area contributed by atoms with E-state index in [4.69, 9.17) is 9.47 Å². The number of halogens is 5. The van der Waals surface area contributed by atoms with Crippen molar-refractivity contribution in [3.8, 4) is 0 Å². The van der Waals surface area contributed by atoms with Gasteiger partial charge in [0.25, 0.3) is 5.91 Å². The maximum Gasteiger partial charge on any atom is 0.446 e. The molecule has 0 spiro atoms. The number of hydrogen-bond acceptors (Lipinski definition) is 8. The number of thioether (sulfide) groups is 2. The Balaban J connectivity index is 1.17. The summed E-state index contributed by atoms with van der Waals surface area (Å²) in [5, 5.41) is 17.6. The first-order valence-electron chi connectivity index (χ1n) is 13.6. The van der Waals surface area contributed by atoms with Crippen LogP contribution in [0.5, 0.6) is 0 Å². The number of benzene rings is 3. The highest BCUT2D eigenvalue weighted by Crippen LogP contribution is 2.40. The molecule has 0 saturated carbocycles. The summed E-state index contributed by atoms with van der Waals surface area (Å²) in [5.41, 5.74) is -4.91. The molecule has 0 aliphatic carbocycles. The van der Waals surface area contributed by atoms with Crippen molar-refractivity contribution in [2.24, 2.45) is 0 Å². The van der Waals surface area contributed by atoms with Crippen LogP contribution in [0.3, 0.4) is 0 Å². The average molecular weight is 667 g/mol. The molecule has 238 valence electrons. The lowest BCUT2D eigenvalue weighted by Gasteiger charge is -2.37. The lowest BCUT2D eigenvalue weighted by atomic mass is 9.90. The highest BCUT2D eigenvalue weighted by molar-refractivity contribution is 8.00. The topological polar surface area (TPSA) is 98.5 Å². The number of alkyl halides is 3. The number of rotatable bonds is 10. The van der Waals surface area contributed by atoms with Gasteiger partial charge in [0.2, 0.25) is 0 Å². The van der Waals surface area contributed by atoms with E-state index in [0.29, 0.717) is 16.8 Å². The Hall–Kier alpha value is -3.50. The van der Waals surface area contributed by atoms with E-state index in [-0.39, 0.29) is 47.2 Å². The molecule has 1 aliphatic rings. The van der Waals surface area contributed by atoms with Crippen LogP contribution in [-0.4, -0.2) is 55.0 Å². The minimum atomic E-state index is -4.40. The van der Waals surface area contributed by atoms with Crippen LogP contribution in [0, 0.1) is 11.6 Å². The molecule has 2 unspecified atom stereocenters. The Morgan fingerprint density at radius 1 is 1.07 bits per heavy atom. The smallest absolute Gasteiger partial charge is 0.382 e. The van der Waals surface area contributed by atoms with Gasteiger partial charge in [-0.2, -0.15) is 18.3 Å². The average Bonchev–Trinajstić information content (AvgIpc) is 3.50. The molecule has 2 atom stereocenters. The van der Waals surface area contributed by atoms with Crippen LogP contribution >= 0.6 is 23.5 Å². The summed E-state index contributed by atoms with van der Waals surface area (Å²) in [4.78, 5) is 16.5. The van der Waals surface area contributed by atoms with Crippen molar-refractivity contribution in [2.75, 3.05) is 18.5 Å². The van der Waals surface area contributed by atoms with E-state index in [1.165, 1.54) is 59.4 Å². The first kappa shape index (κ1) is 32.9. The standard InChI is InChI=1S/C30H27F5N4O4S2/c1-18(29(41,15-39-17-36-16-37-39)25-11-6-21(31)12-26(25)32)44-24-13-42-28(43-14-24)20-4-2-19(3-5-20)27(40)38-22-7-9-23(10-8-22)45-30(33,34)35/h2-12,16-18,24,28,41H,13-15H2,1H3,(H,38,40). The molecule has 3 aromatic carbocycles. The molecule has 15 heteroatoms. The Labute approximate surface area is 263 Å². The number of anilines is 1. The van der Waals surface area contributed by atoms with Gasteiger partial charge in [0, 0.05) is 38.6 Å². The lowest BCUT2D eigenvalue weighted by Crippen LogP contribution is -2.43. The van der Waals surface area contributed by atoms with Gasteiger partial charge in [-0.1, -0.05) is 25.1 Å². The number of ether oxygens (including phenoxy) is 2. The van der Waals surface area contributed by atoms with Crippen molar-refractivity contribution in [3.63, 3.8) is 0 Å². The van der Waals surface area contributed by atoms with Crippen molar-refractivity contribution in [1.82, 2.24) is 14.8 Å². The van der Waals surface area contributed by atoms with Crippen molar-refractivity contribution in [3.05, 3.63) is 108 Å². The van der Waals surface area contributed by atoms with Crippen LogP contribution in [-0.2, 0) is 21.6 Å². The Bertz CT molecular complexity index is 1590. The third-order valence-electron chi connectivity index (χ3n) is 6.99. The Kier molecular flexibility index (Phi) is 10.1. The monoisotopic (exact) mass is 666 g/mol. The summed E-state index contributed by atoms with van der Waals surface area (Å²) in [5.74, 6) is -2.08. The fourth-order valence-corrected chi connectivity index (χ4v) is 6.59. The van der Waals surface area contributed by atoms with E-state index in [0.717, 1.165) is 12.1 Å². The molecule has 45 heavy (non-hydrogen) atoms. The summed E-state index contributed by atoms with van der Waals surface area (Å²) in [7, 11) is 0. The maximum atomic E-state index is 14.8. The molecule has 0 bridgehead atoms. The summed E-state index contributed by atoms with van der Waals surface area (Å²) < 4.78 is 79.3. The van der Waals surface area contributed by atoms with Crippen molar-refractivity contribution in [2.45, 2.75) is 46.3 Å². The van der Waals surface area contributed by atoms with Gasteiger partial charge in [-0.25, -0.2) is 18.4 Å². The molecule has 8 nitrogen and oxygen atoms in total. The zero-order chi connectivity index (χ0) is 32.2. The highest BCUT2D eigenvalue weighted by Gasteiger charge is 2.41. The van der Waals surface area contributed by atoms with Gasteiger partial charge >= 0.3 is 5.51 Å². The molecule has 0 radical (unpaired) electrons. The number of carbonyl (C=O) groups is 1. The predicted octanol–water partition coefficient (Wildman–Crippen LogP) is 6.54. The van der Waals surface area contributed by atoms with Crippen molar-refractivity contribution in [1.29, 1.82) is 0 Å². The Morgan fingerprint density at radius 3 is 2.36 bits per heavy atom. The molecule has 1 aromatic heterocycles. The van der Waals surface area contributed by atoms with Gasteiger partial charge < -0.3 is 19.9 Å². The normalized spacial score (nSPS) is 19.1. The summed E-state index contributed by atoms with van der Waals surface area (Å²) >= 11 is 1.10. The zero-order valence-corrected chi connectivity index (χ0v) is 25.2. The number of amides is 1. The number of nitrogens with one attached hydrogen (secondary N) is 1. The minimum Gasteiger partial charge on any atom is -0.382 e. The van der Waals surface area contributed by atoms with Crippen molar-refractivity contribution < 1.29 is 41.3 Å². The third-order valence-corrected chi connectivity index (χ3v) is 9.19. The molecule has 1 aliphatic heterocycles. The zero-order valence-electron chi connectivity index (χ0n) is 23.6. The van der Waals surface area contributed by atoms with E-state index in [1.807, 2.05) is 0 Å². The van der Waals surface area contributed by atoms with Gasteiger partial charge in [-0.05, 0) is 54.2 Å². The van der Waals surface area contributed by atoms with E-state index in [1.54, 1.807) is 31.2 Å². The summed E-state index contributed by atoms with van der Waals surface area (Å²) in [6.45, 7) is 2.10. The SMILES string of the molecule is CC(SC1COC(c2ccc(C(=O)Nc3ccc(SC(F)(F)F)cc3)cc2)OC1)C(O)(Cn1cncn1)c1ccc(F)cc1F. The molecule has 1 amide bonds. The van der Waals surface area contributed by atoms with E-state index >= 15 is 0 Å². The first-order chi connectivity index (χ1) is 21.4. The molecule has 1 fully saturated rings. The van der Waals surface area contributed by atoms with Crippen LogP contribution in [0.1, 0.15) is 34.7 Å². The minimum absolute atomic E-state index is 0.0108. The lowest BCUT2D eigenvalue weighted by molar-refractivity contribution is -0.180. The van der Waals surface area contributed by atoms with E-state index in [9.17, 15) is 31.9 Å². The highest BCUT2D eigenvalue weighted by atomic mass is 32.2. The Morgan fingerprint density at radius 2 is 1.76 bits per heavy atom. The third kappa shape index (κ3) is 8.41. The number of nitrogens with zero attached hydrogens (tertiary/aromatic N) is 3. The van der Waals surface area contributed by atoms with Crippen molar-refractivity contribution >= 4 is 35.1 Å². The molecular weight excluding hydrogens is 639 g/mol. The fourth-order valence-electron chi connectivity index (χ4n) is 4.73. The number of aromatic nitrogens is 3. The van der Waals surface area contributed by atoms with Crippen LogP contribution in [0.2, 0.25) is 0 Å². The van der Waals surface area contributed by atoms with Crippen LogP contribution in [0.4, 0.5) is 27.6 Å². The second kappa shape index (κ2) is 13.9. The van der Waals surface area contributed by atoms with Gasteiger partial charge in [0.1, 0.15) is 29.9 Å². The summed E-state index contributed by atoms with van der Waals surface area (Å²) in [6, 6.07) is 14.9. The number of aliphatic hydroxyl groups is 1. The quantitative estimate of drug-likeness (QED) is 0.145. The maximum absolute atomic E-state index is 14.8. The second-order valence-corrected chi connectivity index (χ2v) is 13.0. The van der Waals surface area contributed by atoms with Crippen LogP contribution < -0.4 is 5.32 Å². The van der Waals surface area contributed by atoms with Crippen LogP contribution in [0.15, 0.2) is 84.3 Å². The molecule has 1 saturated heterocycles. The van der Waals surface area contributed by atoms with E-state index in [2.05, 4.69) is 15.4 Å². The van der Waals surface area contributed by atoms with Gasteiger partial charge in [-0.3, -0.25) is 4.79 Å². The molecule has 5 rings (SSSR count). The largest absolute Gasteiger partial charge is 0.446 e. The molecule has 2 N–H and O–H groups in total. The van der Waals surface area contributed by atoms with Crippen LogP contribution in [0.25, 0.3) is 0 Å². The van der Waals surface area contributed by atoms with Gasteiger partial charge in [0.15, 0.2) is 6.29 Å². The number of carbonyl (C=O) groups excluding carboxylic acids is 1. The molecule has 2 heterocycles. The fraction of sp³-hybridized carbons (Fsp3) is 0.300.